The fraction of sp³-hybridized carbons (Fsp3) is 0.400. The number of anilines is 7. The number of amides is 3. The van der Waals surface area contributed by atoms with Crippen LogP contribution in [0, 0.1) is 20.8 Å². The summed E-state index contributed by atoms with van der Waals surface area (Å²) in [6.45, 7) is 14.2. The molecule has 6 aromatic heterocycles. The van der Waals surface area contributed by atoms with Crippen molar-refractivity contribution in [2.24, 2.45) is 0 Å². The van der Waals surface area contributed by atoms with Crippen molar-refractivity contribution in [2.45, 2.75) is 124 Å². The van der Waals surface area contributed by atoms with E-state index in [1.807, 2.05) is 32.9 Å². The summed E-state index contributed by atoms with van der Waals surface area (Å²) in [6.07, 6.45) is 14.6. The summed E-state index contributed by atoms with van der Waals surface area (Å²) in [6, 6.07) is 26.2. The number of hydrogen-bond donors (Lipinski definition) is 7. The van der Waals surface area contributed by atoms with Crippen LogP contribution in [0.25, 0.3) is 30.6 Å². The molecule has 11 N–H and O–H groups in total. The van der Waals surface area contributed by atoms with Gasteiger partial charge in [0, 0.05) is 97.7 Å². The fourth-order valence-corrected chi connectivity index (χ4v) is 16.8. The van der Waals surface area contributed by atoms with Gasteiger partial charge in [-0.15, -0.1) is 34.0 Å². The minimum atomic E-state index is -2.76. The standard InChI is InChI=1S/C26H31N3OS.C22H26ClN5OS.C22H25F2N5OS/c1-17-9-11-20-18(2)24(31-26(20)28-17)25(30)27-14-13-19-10-12-23(22-8-6-7-21(19)22)29-15-4-3-5-16-29;1-13-11-17(24)27-22-18(13)19(25)20(30-22)21(29)26-8-7-14-5-6-16(15(23)12-14)28-9-3-2-4-10-28;23-20(24)15-12-16(25)28-22-17(15)18(26)19(31-22)21(30)27-9-8-13-4-6-14(7-5-13)29-10-2-1-3-11-29/h9-12H,3-8,13-16H2,1-2H3,(H,27,30);5-6,11-12H,2-4,7-10,25H2,1H3,(H2,24,27)(H,26,29);4-7,12,20H,1-3,8-11,26H2,(H2,25,28)(H,27,30). The highest BCUT2D eigenvalue weighted by Crippen LogP contribution is 2.41. The van der Waals surface area contributed by atoms with Gasteiger partial charge in [0.05, 0.1) is 27.0 Å². The lowest BCUT2D eigenvalue weighted by Gasteiger charge is -2.31. The number of nitrogen functional groups attached to an aromatic ring is 4. The van der Waals surface area contributed by atoms with Crippen molar-refractivity contribution < 1.29 is 23.2 Å². The van der Waals surface area contributed by atoms with Gasteiger partial charge in [-0.2, -0.15) is 0 Å². The Hall–Kier alpha value is -7.85. The Balaban J connectivity index is 0.000000141. The summed E-state index contributed by atoms with van der Waals surface area (Å²) in [5, 5.41) is 11.7. The summed E-state index contributed by atoms with van der Waals surface area (Å²) in [4.78, 5) is 61.8. The predicted molar refractivity (Wildman–Crippen MR) is 378 cm³/mol. The number of rotatable bonds is 16. The van der Waals surface area contributed by atoms with E-state index in [4.69, 9.17) is 34.5 Å². The van der Waals surface area contributed by atoms with Crippen molar-refractivity contribution in [3.8, 4) is 0 Å². The number of nitrogens with one attached hydrogen (secondary N) is 3. The van der Waals surface area contributed by atoms with Crippen molar-refractivity contribution in [1.82, 2.24) is 30.9 Å². The third-order valence-corrected chi connectivity index (χ3v) is 21.7. The van der Waals surface area contributed by atoms with Gasteiger partial charge in [-0.25, -0.2) is 23.7 Å². The number of carbonyl (C=O) groups is 3. The Labute approximate surface area is 553 Å². The molecule has 1 aliphatic carbocycles. The largest absolute Gasteiger partial charge is 0.397 e. The van der Waals surface area contributed by atoms with Crippen molar-refractivity contribution in [1.29, 1.82) is 0 Å². The maximum Gasteiger partial charge on any atom is 0.264 e. The van der Waals surface area contributed by atoms with Crippen LogP contribution in [0.3, 0.4) is 0 Å². The molecule has 0 saturated carbocycles. The van der Waals surface area contributed by atoms with Gasteiger partial charge in [-0.3, -0.25) is 14.4 Å². The molecule has 16 nitrogen and oxygen atoms in total. The molecule has 4 aliphatic rings. The molecule has 0 bridgehead atoms. The predicted octanol–water partition coefficient (Wildman–Crippen LogP) is 14.1. The molecule has 0 atom stereocenters. The van der Waals surface area contributed by atoms with Gasteiger partial charge in [0.2, 0.25) is 0 Å². The zero-order chi connectivity index (χ0) is 64.6. The van der Waals surface area contributed by atoms with Crippen LogP contribution in [0.2, 0.25) is 5.02 Å². The highest BCUT2D eigenvalue weighted by Gasteiger charge is 2.26. The van der Waals surface area contributed by atoms with E-state index < -0.39 is 12.3 Å². The number of piperidine rings is 3. The van der Waals surface area contributed by atoms with Crippen LogP contribution in [-0.4, -0.2) is 91.6 Å². The van der Waals surface area contributed by atoms with E-state index in [2.05, 4.69) is 100 Å². The van der Waals surface area contributed by atoms with Crippen molar-refractivity contribution in [3.63, 3.8) is 0 Å². The van der Waals surface area contributed by atoms with Gasteiger partial charge in [-0.1, -0.05) is 35.9 Å². The number of benzene rings is 3. The highest BCUT2D eigenvalue weighted by molar-refractivity contribution is 7.22. The Kier molecular flexibility index (Phi) is 21.3. The Morgan fingerprint density at radius 2 is 1.04 bits per heavy atom. The minimum absolute atomic E-state index is 0.0196. The lowest BCUT2D eigenvalue weighted by Crippen LogP contribution is -2.30. The molecule has 3 aromatic carbocycles. The normalized spacial score (nSPS) is 14.9. The quantitative estimate of drug-likeness (QED) is 0.0477. The number of halogens is 3. The topological polar surface area (TPSA) is 240 Å². The van der Waals surface area contributed by atoms with Gasteiger partial charge >= 0.3 is 0 Å². The summed E-state index contributed by atoms with van der Waals surface area (Å²) in [7, 11) is 0. The first-order valence-electron chi connectivity index (χ1n) is 32.2. The van der Waals surface area contributed by atoms with Crippen LogP contribution in [0.5, 0.6) is 0 Å². The number of hydrogen-bond acceptors (Lipinski definition) is 16. The average molecular weight is 1320 g/mol. The van der Waals surface area contributed by atoms with E-state index in [1.54, 1.807) is 17.2 Å². The molecule has 3 aliphatic heterocycles. The molecule has 0 radical (unpaired) electrons. The van der Waals surface area contributed by atoms with E-state index in [1.165, 1.54) is 130 Å². The van der Waals surface area contributed by atoms with Gasteiger partial charge in [-0.05, 0) is 211 Å². The summed E-state index contributed by atoms with van der Waals surface area (Å²) in [5.41, 5.74) is 37.4. The first kappa shape index (κ1) is 65.6. The van der Waals surface area contributed by atoms with Crippen LogP contribution in [0.1, 0.15) is 150 Å². The molecule has 484 valence electrons. The van der Waals surface area contributed by atoms with E-state index in [-0.39, 0.29) is 44.0 Å². The second-order valence-electron chi connectivity index (χ2n) is 24.4. The second-order valence-corrected chi connectivity index (χ2v) is 27.8. The summed E-state index contributed by atoms with van der Waals surface area (Å²) < 4.78 is 26.7. The van der Waals surface area contributed by atoms with E-state index in [0.717, 1.165) is 109 Å². The molecule has 22 heteroatoms. The number of fused-ring (bicyclic) bond motifs is 4. The van der Waals surface area contributed by atoms with Crippen molar-refractivity contribution in [2.75, 3.05) is 96.5 Å². The van der Waals surface area contributed by atoms with Crippen LogP contribution in [-0.2, 0) is 32.1 Å². The maximum atomic E-state index is 13.4. The zero-order valence-corrected chi connectivity index (χ0v) is 55.8. The monoisotopic (exact) mass is 1320 g/mol. The number of nitrogens with two attached hydrogens (primary N) is 4. The molecular formula is C70H82ClF2N13O3S3. The molecule has 3 amide bonds. The lowest BCUT2D eigenvalue weighted by molar-refractivity contribution is 0.0949. The van der Waals surface area contributed by atoms with E-state index in [0.29, 0.717) is 53.7 Å². The smallest absolute Gasteiger partial charge is 0.264 e. The first-order chi connectivity index (χ1) is 44.5. The molecule has 9 aromatic rings. The maximum absolute atomic E-state index is 13.4. The number of nitrogens with zero attached hydrogens (tertiary/aromatic N) is 6. The fourth-order valence-electron chi connectivity index (χ4n) is 13.2. The summed E-state index contributed by atoms with van der Waals surface area (Å²) >= 11 is 10.3. The number of thiophene rings is 3. The number of pyridine rings is 3. The molecule has 92 heavy (non-hydrogen) atoms. The van der Waals surface area contributed by atoms with Gasteiger partial charge < -0.3 is 53.6 Å². The third kappa shape index (κ3) is 15.1. The number of alkyl halides is 2. The lowest BCUT2D eigenvalue weighted by atomic mass is 9.97. The average Bonchev–Trinajstić information content (AvgIpc) is 1.65. The molecule has 0 unspecified atom stereocenters. The van der Waals surface area contributed by atoms with Gasteiger partial charge in [0.1, 0.15) is 35.9 Å². The Morgan fingerprint density at radius 1 is 0.533 bits per heavy atom. The third-order valence-electron chi connectivity index (χ3n) is 18.0. The number of carbonyl (C=O) groups excluding carboxylic acids is 3. The minimum Gasteiger partial charge on any atom is -0.397 e. The Bertz CT molecular complexity index is 4140. The van der Waals surface area contributed by atoms with Gasteiger partial charge in [0.25, 0.3) is 24.1 Å². The second kappa shape index (κ2) is 29.8. The van der Waals surface area contributed by atoms with Crippen molar-refractivity contribution >= 4 is 134 Å². The van der Waals surface area contributed by atoms with E-state index in [9.17, 15) is 23.2 Å². The van der Waals surface area contributed by atoms with Crippen LogP contribution in [0.4, 0.5) is 48.9 Å². The van der Waals surface area contributed by atoms with Gasteiger partial charge in [0.15, 0.2) is 0 Å². The highest BCUT2D eigenvalue weighted by atomic mass is 35.5. The number of aryl methyl sites for hydroxylation is 3. The first-order valence-corrected chi connectivity index (χ1v) is 35.0. The van der Waals surface area contributed by atoms with Crippen LogP contribution >= 0.6 is 45.6 Å². The molecule has 0 spiro atoms. The molecule has 9 heterocycles. The molecule has 13 rings (SSSR count). The van der Waals surface area contributed by atoms with Crippen LogP contribution in [0.15, 0.2) is 78.9 Å². The van der Waals surface area contributed by atoms with E-state index >= 15 is 0 Å². The molecular weight excluding hydrogens is 1240 g/mol. The molecule has 3 fully saturated rings. The number of aromatic nitrogens is 3. The zero-order valence-electron chi connectivity index (χ0n) is 52.6. The SMILES string of the molecule is Cc1cc(N)nc2sc(C(=O)NCCc3ccc(N4CCCCC4)c(Cl)c3)c(N)c12.Cc1ccc2c(C)c(C(=O)NCCc3ccc(N4CCCCC4)c4c3CCC4)sc2n1.Nc1cc(C(F)F)c2c(N)c(C(=O)NCCc3ccc(N4CCCCC4)cc3)sc2n1. The van der Waals surface area contributed by atoms with Crippen LogP contribution < -0.4 is 53.6 Å². The summed E-state index contributed by atoms with van der Waals surface area (Å²) in [5.74, 6) is -0.157. The molecule has 3 saturated heterocycles. The van der Waals surface area contributed by atoms with Crippen molar-refractivity contribution in [3.05, 3.63) is 149 Å². The Morgan fingerprint density at radius 3 is 1.66 bits per heavy atom.